The van der Waals surface area contributed by atoms with Gasteiger partial charge in [-0.1, -0.05) is 36.4 Å². The summed E-state index contributed by atoms with van der Waals surface area (Å²) in [5.74, 6) is 1.04. The maximum Gasteiger partial charge on any atom is 0.226 e. The highest BCUT2D eigenvalue weighted by atomic mass is 16.5. The fraction of sp³-hybridized carbons (Fsp3) is 0.480. The van der Waals surface area contributed by atoms with E-state index in [9.17, 15) is 4.79 Å². The molecule has 2 aliphatic rings. The molecule has 0 radical (unpaired) electrons. The van der Waals surface area contributed by atoms with Crippen molar-refractivity contribution in [3.05, 3.63) is 60.2 Å². The van der Waals surface area contributed by atoms with E-state index in [0.29, 0.717) is 19.1 Å². The molecule has 2 aliphatic heterocycles. The van der Waals surface area contributed by atoms with E-state index in [0.717, 1.165) is 51.4 Å². The van der Waals surface area contributed by atoms with Crippen LogP contribution < -0.4 is 9.64 Å². The molecule has 5 nitrogen and oxygen atoms in total. The smallest absolute Gasteiger partial charge is 0.226 e. The van der Waals surface area contributed by atoms with Gasteiger partial charge >= 0.3 is 0 Å². The molecule has 2 aromatic carbocycles. The Balaban J connectivity index is 1.24. The number of amides is 1. The third-order valence-corrected chi connectivity index (χ3v) is 6.36. The predicted octanol–water partition coefficient (Wildman–Crippen LogP) is 3.58. The summed E-state index contributed by atoms with van der Waals surface area (Å²) in [5, 5.41) is 0. The second-order valence-electron chi connectivity index (χ2n) is 8.36. The van der Waals surface area contributed by atoms with Crippen molar-refractivity contribution in [3.63, 3.8) is 0 Å². The highest BCUT2D eigenvalue weighted by Crippen LogP contribution is 2.23. The lowest BCUT2D eigenvalue weighted by atomic mass is 10.0. The van der Waals surface area contributed by atoms with Crippen molar-refractivity contribution in [2.45, 2.75) is 32.2 Å². The number of anilines is 1. The zero-order valence-electron chi connectivity index (χ0n) is 18.0. The van der Waals surface area contributed by atoms with Gasteiger partial charge in [-0.25, -0.2) is 0 Å². The molecule has 5 heteroatoms. The number of hydrogen-bond acceptors (Lipinski definition) is 4. The van der Waals surface area contributed by atoms with Crippen LogP contribution in [0.25, 0.3) is 0 Å². The van der Waals surface area contributed by atoms with E-state index in [-0.39, 0.29) is 5.91 Å². The van der Waals surface area contributed by atoms with Crippen LogP contribution in [0.4, 0.5) is 5.69 Å². The molecule has 1 atom stereocenters. The van der Waals surface area contributed by atoms with Crippen molar-refractivity contribution in [2.24, 2.45) is 0 Å². The first-order chi connectivity index (χ1) is 14.7. The first-order valence-corrected chi connectivity index (χ1v) is 11.2. The number of para-hydroxylation sites is 2. The molecule has 2 heterocycles. The van der Waals surface area contributed by atoms with E-state index in [1.807, 2.05) is 30.3 Å². The fourth-order valence-electron chi connectivity index (χ4n) is 4.66. The number of aryl methyl sites for hydroxylation is 1. The summed E-state index contributed by atoms with van der Waals surface area (Å²) in [6, 6.07) is 18.8. The predicted molar refractivity (Wildman–Crippen MR) is 121 cm³/mol. The monoisotopic (exact) mass is 407 g/mol. The summed E-state index contributed by atoms with van der Waals surface area (Å²) >= 11 is 0. The number of ether oxygens (including phenoxy) is 1. The quantitative estimate of drug-likeness (QED) is 0.733. The Morgan fingerprint density at radius 1 is 0.967 bits per heavy atom. The normalized spacial score (nSPS) is 20.2. The van der Waals surface area contributed by atoms with Gasteiger partial charge in [-0.15, -0.1) is 0 Å². The van der Waals surface area contributed by atoms with Crippen molar-refractivity contribution < 1.29 is 9.53 Å². The molecule has 0 saturated carbocycles. The average Bonchev–Trinajstić information content (AvgIpc) is 2.80. The zero-order valence-corrected chi connectivity index (χ0v) is 18.0. The maximum atomic E-state index is 12.7. The van der Waals surface area contributed by atoms with Crippen LogP contribution in [0.15, 0.2) is 54.6 Å². The van der Waals surface area contributed by atoms with Gasteiger partial charge in [0.2, 0.25) is 5.91 Å². The summed E-state index contributed by atoms with van der Waals surface area (Å²) in [6.07, 6.45) is 2.73. The Bertz CT molecular complexity index is 818. The van der Waals surface area contributed by atoms with Gasteiger partial charge in [-0.2, -0.15) is 0 Å². The molecule has 2 aromatic rings. The van der Waals surface area contributed by atoms with Crippen LogP contribution in [0, 0.1) is 6.92 Å². The Hall–Kier alpha value is -2.53. The van der Waals surface area contributed by atoms with Crippen LogP contribution in [0.5, 0.6) is 5.75 Å². The Morgan fingerprint density at radius 2 is 1.70 bits per heavy atom. The molecule has 160 valence electrons. The molecule has 2 fully saturated rings. The topological polar surface area (TPSA) is 36.0 Å². The van der Waals surface area contributed by atoms with Gasteiger partial charge in [0, 0.05) is 51.0 Å². The second-order valence-corrected chi connectivity index (χ2v) is 8.36. The summed E-state index contributed by atoms with van der Waals surface area (Å²) < 4.78 is 5.71. The molecule has 1 amide bonds. The summed E-state index contributed by atoms with van der Waals surface area (Å²) in [6.45, 7) is 8.61. The first kappa shape index (κ1) is 20.7. The van der Waals surface area contributed by atoms with Crippen molar-refractivity contribution in [2.75, 3.05) is 50.8 Å². The van der Waals surface area contributed by atoms with Crippen molar-refractivity contribution in [1.82, 2.24) is 9.80 Å². The van der Waals surface area contributed by atoms with Crippen molar-refractivity contribution in [1.29, 1.82) is 0 Å². The van der Waals surface area contributed by atoms with Gasteiger partial charge in [-0.05, 0) is 43.5 Å². The molecule has 0 spiro atoms. The van der Waals surface area contributed by atoms with Gasteiger partial charge in [-0.3, -0.25) is 9.69 Å². The van der Waals surface area contributed by atoms with Gasteiger partial charge < -0.3 is 14.5 Å². The van der Waals surface area contributed by atoms with Crippen LogP contribution in [0.1, 0.15) is 24.8 Å². The van der Waals surface area contributed by atoms with E-state index in [1.165, 1.54) is 17.7 Å². The number of nitrogens with zero attached hydrogens (tertiary/aromatic N) is 3. The van der Waals surface area contributed by atoms with E-state index < -0.39 is 0 Å². The van der Waals surface area contributed by atoms with E-state index in [1.54, 1.807) is 0 Å². The molecule has 0 aromatic heterocycles. The summed E-state index contributed by atoms with van der Waals surface area (Å²) in [4.78, 5) is 19.9. The molecule has 4 rings (SSSR count). The molecule has 0 bridgehead atoms. The average molecular weight is 408 g/mol. The molecule has 0 N–H and O–H groups in total. The minimum Gasteiger partial charge on any atom is -0.493 e. The lowest BCUT2D eigenvalue weighted by molar-refractivity contribution is -0.133. The number of rotatable bonds is 6. The number of piperidine rings is 1. The standard InChI is InChI=1S/C25H33N3O2/c1-21-8-5-6-12-24(21)27-17-15-26(16-18-27)22-9-7-14-28(20-22)25(29)13-19-30-23-10-3-2-4-11-23/h2-6,8,10-12,22H,7,9,13-20H2,1H3. The highest BCUT2D eigenvalue weighted by Gasteiger charge is 2.30. The van der Waals surface area contributed by atoms with Gasteiger partial charge in [0.05, 0.1) is 13.0 Å². The molecular formula is C25H33N3O2. The lowest BCUT2D eigenvalue weighted by Crippen LogP contribution is -2.56. The maximum absolute atomic E-state index is 12.7. The number of benzene rings is 2. The highest BCUT2D eigenvalue weighted by molar-refractivity contribution is 5.76. The lowest BCUT2D eigenvalue weighted by Gasteiger charge is -2.44. The summed E-state index contributed by atoms with van der Waals surface area (Å²) in [5.41, 5.74) is 2.70. The van der Waals surface area contributed by atoms with E-state index in [4.69, 9.17) is 4.74 Å². The van der Waals surface area contributed by atoms with Crippen molar-refractivity contribution in [3.8, 4) is 5.75 Å². The van der Waals surface area contributed by atoms with E-state index in [2.05, 4.69) is 45.9 Å². The van der Waals surface area contributed by atoms with Crippen LogP contribution in [-0.4, -0.2) is 67.6 Å². The fourth-order valence-corrected chi connectivity index (χ4v) is 4.66. The molecule has 30 heavy (non-hydrogen) atoms. The Kier molecular flexibility index (Phi) is 6.90. The first-order valence-electron chi connectivity index (χ1n) is 11.2. The van der Waals surface area contributed by atoms with Gasteiger partial charge in [0.1, 0.15) is 5.75 Å². The Morgan fingerprint density at radius 3 is 2.47 bits per heavy atom. The van der Waals surface area contributed by atoms with Crippen molar-refractivity contribution >= 4 is 11.6 Å². The number of piperazine rings is 1. The third kappa shape index (κ3) is 5.14. The van der Waals surface area contributed by atoms with Crippen LogP contribution >= 0.6 is 0 Å². The molecule has 2 saturated heterocycles. The van der Waals surface area contributed by atoms with Crippen LogP contribution in [0.3, 0.4) is 0 Å². The molecule has 0 aliphatic carbocycles. The molecule has 1 unspecified atom stereocenters. The number of likely N-dealkylation sites (tertiary alicyclic amines) is 1. The third-order valence-electron chi connectivity index (χ3n) is 6.36. The Labute approximate surface area is 180 Å². The van der Waals surface area contributed by atoms with Crippen LogP contribution in [0.2, 0.25) is 0 Å². The van der Waals surface area contributed by atoms with E-state index >= 15 is 0 Å². The number of hydrogen-bond donors (Lipinski definition) is 0. The number of carbonyl (C=O) groups is 1. The minimum absolute atomic E-state index is 0.217. The largest absolute Gasteiger partial charge is 0.493 e. The summed E-state index contributed by atoms with van der Waals surface area (Å²) in [7, 11) is 0. The number of carbonyl (C=O) groups excluding carboxylic acids is 1. The zero-order chi connectivity index (χ0) is 20.8. The molecular weight excluding hydrogens is 374 g/mol. The van der Waals surface area contributed by atoms with Crippen LogP contribution in [-0.2, 0) is 4.79 Å². The second kappa shape index (κ2) is 9.98. The minimum atomic E-state index is 0.217. The SMILES string of the molecule is Cc1ccccc1N1CCN(C2CCCN(C(=O)CCOc3ccccc3)C2)CC1. The van der Waals surface area contributed by atoms with Gasteiger partial charge in [0.15, 0.2) is 0 Å². The van der Waals surface area contributed by atoms with Gasteiger partial charge in [0.25, 0.3) is 0 Å².